The van der Waals surface area contributed by atoms with Crippen molar-refractivity contribution in [3.63, 3.8) is 0 Å². The topological polar surface area (TPSA) is 47.0 Å². The highest BCUT2D eigenvalue weighted by Crippen LogP contribution is 2.42. The van der Waals surface area contributed by atoms with E-state index in [9.17, 15) is 0 Å². The summed E-state index contributed by atoms with van der Waals surface area (Å²) in [5, 5.41) is 3.34. The second-order valence-electron chi connectivity index (χ2n) is 4.55. The first-order valence-electron chi connectivity index (χ1n) is 6.16. The molecular weight excluding hydrogens is 306 g/mol. The van der Waals surface area contributed by atoms with Gasteiger partial charge in [0.15, 0.2) is 0 Å². The average Bonchev–Trinajstić information content (AvgIpc) is 3.21. The Morgan fingerprint density at radius 3 is 2.84 bits per heavy atom. The van der Waals surface area contributed by atoms with Crippen molar-refractivity contribution < 1.29 is 4.74 Å². The van der Waals surface area contributed by atoms with E-state index in [-0.39, 0.29) is 0 Å². The fraction of sp³-hybridized carbons (Fsp3) is 0.286. The minimum atomic E-state index is 0.410. The molecule has 1 heterocycles. The number of halogens is 1. The number of methoxy groups -OCH3 is 1. The van der Waals surface area contributed by atoms with Crippen molar-refractivity contribution in [3.05, 3.63) is 46.6 Å². The molecule has 0 saturated heterocycles. The number of hydrogen-bond donors (Lipinski definition) is 1. The van der Waals surface area contributed by atoms with Crippen LogP contribution >= 0.6 is 15.9 Å². The number of benzene rings is 1. The van der Waals surface area contributed by atoms with Crippen LogP contribution in [0.15, 0.2) is 41.0 Å². The van der Waals surface area contributed by atoms with Gasteiger partial charge < -0.3 is 10.1 Å². The van der Waals surface area contributed by atoms with E-state index in [2.05, 4.69) is 55.5 Å². The van der Waals surface area contributed by atoms with Crippen LogP contribution in [-0.2, 0) is 0 Å². The molecule has 1 N–H and O–H groups in total. The number of rotatable bonds is 4. The average molecular weight is 320 g/mol. The Morgan fingerprint density at radius 1 is 1.32 bits per heavy atom. The van der Waals surface area contributed by atoms with Crippen LogP contribution in [0.5, 0.6) is 5.88 Å². The molecule has 1 aliphatic carbocycles. The van der Waals surface area contributed by atoms with Gasteiger partial charge in [0.2, 0.25) is 11.8 Å². The number of hydrogen-bond acceptors (Lipinski definition) is 4. The van der Waals surface area contributed by atoms with E-state index in [4.69, 9.17) is 4.74 Å². The molecule has 2 aromatic rings. The van der Waals surface area contributed by atoms with Crippen molar-refractivity contribution in [2.75, 3.05) is 12.4 Å². The summed E-state index contributed by atoms with van der Waals surface area (Å²) in [5.74, 6) is 1.72. The van der Waals surface area contributed by atoms with E-state index in [1.165, 1.54) is 5.56 Å². The van der Waals surface area contributed by atoms with Gasteiger partial charge in [-0.2, -0.15) is 4.98 Å². The number of nitrogens with one attached hydrogen (secondary N) is 1. The lowest BCUT2D eigenvalue weighted by Crippen LogP contribution is -2.08. The van der Waals surface area contributed by atoms with Gasteiger partial charge >= 0.3 is 0 Å². The minimum Gasteiger partial charge on any atom is -0.480 e. The van der Waals surface area contributed by atoms with Gasteiger partial charge in [0.05, 0.1) is 17.8 Å². The Labute approximate surface area is 120 Å². The maximum atomic E-state index is 5.16. The van der Waals surface area contributed by atoms with Crippen molar-refractivity contribution in [1.82, 2.24) is 9.97 Å². The van der Waals surface area contributed by atoms with Crippen molar-refractivity contribution >= 4 is 21.9 Å². The molecule has 0 aliphatic heterocycles. The molecule has 98 valence electrons. The van der Waals surface area contributed by atoms with E-state index in [0.717, 1.165) is 10.9 Å². The fourth-order valence-electron chi connectivity index (χ4n) is 2.15. The first kappa shape index (κ1) is 12.4. The normalized spacial score (nSPS) is 20.9. The molecule has 0 spiro atoms. The van der Waals surface area contributed by atoms with E-state index in [0.29, 0.717) is 23.8 Å². The molecule has 3 rings (SSSR count). The third kappa shape index (κ3) is 2.71. The largest absolute Gasteiger partial charge is 0.480 e. The molecule has 19 heavy (non-hydrogen) atoms. The summed E-state index contributed by atoms with van der Waals surface area (Å²) >= 11 is 3.34. The summed E-state index contributed by atoms with van der Waals surface area (Å²) < 4.78 is 5.92. The molecule has 2 atom stereocenters. The summed E-state index contributed by atoms with van der Waals surface area (Å²) in [5.41, 5.74) is 1.36. The van der Waals surface area contributed by atoms with Crippen LogP contribution in [-0.4, -0.2) is 23.1 Å². The third-order valence-electron chi connectivity index (χ3n) is 3.24. The smallest absolute Gasteiger partial charge is 0.232 e. The van der Waals surface area contributed by atoms with Gasteiger partial charge in [-0.25, -0.2) is 4.98 Å². The van der Waals surface area contributed by atoms with E-state index >= 15 is 0 Å². The maximum absolute atomic E-state index is 5.16. The predicted molar refractivity (Wildman–Crippen MR) is 77.5 cm³/mol. The monoisotopic (exact) mass is 319 g/mol. The molecule has 0 amide bonds. The van der Waals surface area contributed by atoms with Crippen molar-refractivity contribution in [1.29, 1.82) is 0 Å². The zero-order chi connectivity index (χ0) is 13.2. The third-order valence-corrected chi connectivity index (χ3v) is 3.78. The summed E-state index contributed by atoms with van der Waals surface area (Å²) in [6.45, 7) is 0. The van der Waals surface area contributed by atoms with E-state index < -0.39 is 0 Å². The summed E-state index contributed by atoms with van der Waals surface area (Å²) in [4.78, 5) is 8.55. The van der Waals surface area contributed by atoms with Crippen molar-refractivity contribution in [3.8, 4) is 5.88 Å². The van der Waals surface area contributed by atoms with Gasteiger partial charge in [0, 0.05) is 12.0 Å². The maximum Gasteiger partial charge on any atom is 0.232 e. The molecule has 5 heteroatoms. The first-order valence-corrected chi connectivity index (χ1v) is 6.95. The molecule has 1 fully saturated rings. The summed E-state index contributed by atoms with van der Waals surface area (Å²) in [6.07, 6.45) is 2.82. The highest BCUT2D eigenvalue weighted by Gasteiger charge is 2.38. The Morgan fingerprint density at radius 2 is 2.11 bits per heavy atom. The van der Waals surface area contributed by atoms with Crippen LogP contribution in [0.1, 0.15) is 17.9 Å². The number of anilines is 1. The van der Waals surface area contributed by atoms with Gasteiger partial charge in [-0.1, -0.05) is 30.3 Å². The lowest BCUT2D eigenvalue weighted by molar-refractivity contribution is 0.394. The molecule has 0 bridgehead atoms. The quantitative estimate of drug-likeness (QED) is 0.940. The molecule has 1 aliphatic rings. The van der Waals surface area contributed by atoms with Gasteiger partial charge in [-0.15, -0.1) is 0 Å². The molecule has 1 saturated carbocycles. The Balaban J connectivity index is 1.68. The summed E-state index contributed by atoms with van der Waals surface area (Å²) in [7, 11) is 1.60. The summed E-state index contributed by atoms with van der Waals surface area (Å²) in [6, 6.07) is 10.9. The van der Waals surface area contributed by atoms with Gasteiger partial charge in [-0.05, 0) is 27.9 Å². The number of nitrogens with zero attached hydrogens (tertiary/aromatic N) is 2. The van der Waals surface area contributed by atoms with E-state index in [1.54, 1.807) is 13.3 Å². The standard InChI is InChI=1S/C14H14BrN3O/c1-19-13-11(15)8-16-14(18-13)17-12-7-10(12)9-5-3-2-4-6-9/h2-6,8,10,12H,7H2,1H3,(H,16,17,18). The zero-order valence-electron chi connectivity index (χ0n) is 10.5. The predicted octanol–water partition coefficient (Wildman–Crippen LogP) is 3.22. The highest BCUT2D eigenvalue weighted by molar-refractivity contribution is 9.10. The van der Waals surface area contributed by atoms with Crippen LogP contribution in [0, 0.1) is 0 Å². The molecule has 1 aromatic carbocycles. The SMILES string of the molecule is COc1nc(NC2CC2c2ccccc2)ncc1Br. The van der Waals surface area contributed by atoms with Gasteiger partial charge in [0.25, 0.3) is 0 Å². The minimum absolute atomic E-state index is 0.410. The van der Waals surface area contributed by atoms with Crippen LogP contribution < -0.4 is 10.1 Å². The van der Waals surface area contributed by atoms with Crippen LogP contribution in [0.3, 0.4) is 0 Å². The number of aromatic nitrogens is 2. The molecule has 2 unspecified atom stereocenters. The van der Waals surface area contributed by atoms with Gasteiger partial charge in [-0.3, -0.25) is 0 Å². The van der Waals surface area contributed by atoms with Crippen LogP contribution in [0.2, 0.25) is 0 Å². The Kier molecular flexibility index (Phi) is 3.38. The molecule has 0 radical (unpaired) electrons. The fourth-order valence-corrected chi connectivity index (χ4v) is 2.51. The van der Waals surface area contributed by atoms with Crippen LogP contribution in [0.4, 0.5) is 5.95 Å². The highest BCUT2D eigenvalue weighted by atomic mass is 79.9. The van der Waals surface area contributed by atoms with Gasteiger partial charge in [0.1, 0.15) is 0 Å². The Hall–Kier alpha value is -1.62. The van der Waals surface area contributed by atoms with Crippen LogP contribution in [0.25, 0.3) is 0 Å². The lowest BCUT2D eigenvalue weighted by atomic mass is 10.1. The lowest BCUT2D eigenvalue weighted by Gasteiger charge is -2.07. The second kappa shape index (κ2) is 5.17. The molecule has 4 nitrogen and oxygen atoms in total. The number of ether oxygens (including phenoxy) is 1. The Bertz CT molecular complexity index is 576. The molecule has 1 aromatic heterocycles. The first-order chi connectivity index (χ1) is 9.28. The van der Waals surface area contributed by atoms with Crippen molar-refractivity contribution in [2.45, 2.75) is 18.4 Å². The molecular formula is C14H14BrN3O. The second-order valence-corrected chi connectivity index (χ2v) is 5.41. The van der Waals surface area contributed by atoms with E-state index in [1.807, 2.05) is 6.07 Å². The van der Waals surface area contributed by atoms with Crippen molar-refractivity contribution in [2.24, 2.45) is 0 Å². The zero-order valence-corrected chi connectivity index (χ0v) is 12.1.